The van der Waals surface area contributed by atoms with Gasteiger partial charge in [0.15, 0.2) is 0 Å². The molecule has 1 aliphatic carbocycles. The number of nitrogens with zero attached hydrogens (tertiary/aromatic N) is 2. The molecule has 1 saturated carbocycles. The number of nitrogens with one attached hydrogen (secondary N) is 1. The zero-order valence-corrected chi connectivity index (χ0v) is 18.2. The molecule has 0 aromatic heterocycles. The summed E-state index contributed by atoms with van der Waals surface area (Å²) < 4.78 is 0. The molecular weight excluding hydrogens is 399 g/mol. The van der Waals surface area contributed by atoms with Gasteiger partial charge in [0.25, 0.3) is 5.91 Å². The Kier molecular flexibility index (Phi) is 9.70. The summed E-state index contributed by atoms with van der Waals surface area (Å²) in [5.41, 5.74) is 7.27. The average molecular weight is 431 g/mol. The molecule has 1 heterocycles. The lowest BCUT2D eigenvalue weighted by Crippen LogP contribution is -2.47. The number of likely N-dealkylation sites (tertiary alicyclic amines) is 1. The van der Waals surface area contributed by atoms with E-state index >= 15 is 0 Å². The maximum atomic E-state index is 12.7. The molecule has 6 nitrogen and oxygen atoms in total. The summed E-state index contributed by atoms with van der Waals surface area (Å²) in [4.78, 5) is 29.1. The highest BCUT2D eigenvalue weighted by atomic mass is 35.5. The Balaban J connectivity index is 0.00000196. The first-order chi connectivity index (χ1) is 12.4. The molecule has 3 atom stereocenters. The van der Waals surface area contributed by atoms with Crippen molar-refractivity contribution in [2.75, 3.05) is 32.5 Å². The summed E-state index contributed by atoms with van der Waals surface area (Å²) in [5, 5.41) is 2.94. The van der Waals surface area contributed by atoms with Crippen LogP contribution in [-0.4, -0.2) is 60.9 Å². The van der Waals surface area contributed by atoms with Crippen molar-refractivity contribution in [3.63, 3.8) is 0 Å². The Morgan fingerprint density at radius 1 is 1.14 bits per heavy atom. The SMILES string of the molecule is CN1CCCC(N(C)C(=O)c2ccc(NC(=O)C3CCC(N)C3)cc2)C1.Cl.Cl. The zero-order chi connectivity index (χ0) is 18.7. The van der Waals surface area contributed by atoms with E-state index in [1.54, 1.807) is 24.3 Å². The summed E-state index contributed by atoms with van der Waals surface area (Å²) in [7, 11) is 3.98. The largest absolute Gasteiger partial charge is 0.337 e. The molecule has 2 fully saturated rings. The number of carbonyl (C=O) groups excluding carboxylic acids is 2. The van der Waals surface area contributed by atoms with Gasteiger partial charge >= 0.3 is 0 Å². The minimum Gasteiger partial charge on any atom is -0.337 e. The number of likely N-dealkylation sites (N-methyl/N-ethyl adjacent to an activating group) is 2. The summed E-state index contributed by atoms with van der Waals surface area (Å²) in [6, 6.07) is 7.59. The van der Waals surface area contributed by atoms with Gasteiger partial charge in [0, 0.05) is 42.8 Å². The lowest BCUT2D eigenvalue weighted by molar-refractivity contribution is -0.119. The first-order valence-corrected chi connectivity index (χ1v) is 9.56. The second-order valence-corrected chi connectivity index (χ2v) is 7.81. The summed E-state index contributed by atoms with van der Waals surface area (Å²) in [5.74, 6) is 0.0602. The molecule has 8 heteroatoms. The predicted octanol–water partition coefficient (Wildman–Crippen LogP) is 2.76. The van der Waals surface area contributed by atoms with Crippen molar-refractivity contribution in [2.24, 2.45) is 11.7 Å². The van der Waals surface area contributed by atoms with E-state index in [1.807, 2.05) is 11.9 Å². The van der Waals surface area contributed by atoms with Crippen LogP contribution in [0.2, 0.25) is 0 Å². The number of nitrogens with two attached hydrogens (primary N) is 1. The molecule has 0 spiro atoms. The van der Waals surface area contributed by atoms with Gasteiger partial charge in [-0.3, -0.25) is 9.59 Å². The molecule has 1 aromatic carbocycles. The Bertz CT molecular complexity index is 656. The molecule has 3 unspecified atom stereocenters. The van der Waals surface area contributed by atoms with Gasteiger partial charge in [-0.25, -0.2) is 0 Å². The first kappa shape index (κ1) is 24.7. The summed E-state index contributed by atoms with van der Waals surface area (Å²) in [6.45, 7) is 2.01. The topological polar surface area (TPSA) is 78.7 Å². The maximum Gasteiger partial charge on any atom is 0.253 e. The molecule has 2 amide bonds. The van der Waals surface area contributed by atoms with E-state index in [9.17, 15) is 9.59 Å². The van der Waals surface area contributed by atoms with Crippen molar-refractivity contribution in [3.05, 3.63) is 29.8 Å². The van der Waals surface area contributed by atoms with Crippen LogP contribution in [0.3, 0.4) is 0 Å². The number of hydrogen-bond acceptors (Lipinski definition) is 4. The minimum atomic E-state index is 0. The van der Waals surface area contributed by atoms with E-state index in [1.165, 1.54) is 0 Å². The molecule has 3 rings (SSSR count). The highest BCUT2D eigenvalue weighted by Crippen LogP contribution is 2.25. The minimum absolute atomic E-state index is 0. The van der Waals surface area contributed by atoms with E-state index in [4.69, 9.17) is 5.73 Å². The fourth-order valence-electron chi connectivity index (χ4n) is 4.02. The van der Waals surface area contributed by atoms with Crippen LogP contribution in [-0.2, 0) is 4.79 Å². The van der Waals surface area contributed by atoms with Crippen LogP contribution in [0.4, 0.5) is 5.69 Å². The van der Waals surface area contributed by atoms with Crippen LogP contribution in [0.25, 0.3) is 0 Å². The zero-order valence-electron chi connectivity index (χ0n) is 16.6. The fourth-order valence-corrected chi connectivity index (χ4v) is 4.02. The lowest BCUT2D eigenvalue weighted by Gasteiger charge is -2.35. The van der Waals surface area contributed by atoms with Gasteiger partial charge in [-0.1, -0.05) is 0 Å². The van der Waals surface area contributed by atoms with Crippen LogP contribution in [0, 0.1) is 5.92 Å². The van der Waals surface area contributed by atoms with Crippen LogP contribution in [0.15, 0.2) is 24.3 Å². The molecule has 158 valence electrons. The number of rotatable bonds is 4. The van der Waals surface area contributed by atoms with Crippen LogP contribution in [0.5, 0.6) is 0 Å². The van der Waals surface area contributed by atoms with E-state index in [2.05, 4.69) is 17.3 Å². The number of hydrogen-bond donors (Lipinski definition) is 2. The quantitative estimate of drug-likeness (QED) is 0.769. The fraction of sp³-hybridized carbons (Fsp3) is 0.600. The van der Waals surface area contributed by atoms with Crippen LogP contribution < -0.4 is 11.1 Å². The van der Waals surface area contributed by atoms with Gasteiger partial charge in [-0.05, 0) is 70.0 Å². The van der Waals surface area contributed by atoms with Crippen molar-refractivity contribution < 1.29 is 9.59 Å². The maximum absolute atomic E-state index is 12.7. The van der Waals surface area contributed by atoms with Gasteiger partial charge in [0.2, 0.25) is 5.91 Å². The lowest BCUT2D eigenvalue weighted by atomic mass is 10.0. The number of benzene rings is 1. The second-order valence-electron chi connectivity index (χ2n) is 7.81. The summed E-state index contributed by atoms with van der Waals surface area (Å²) in [6.07, 6.45) is 4.68. The molecule has 1 aromatic rings. The third-order valence-corrected chi connectivity index (χ3v) is 5.71. The normalized spacial score (nSPS) is 24.6. The molecule has 3 N–H and O–H groups in total. The third kappa shape index (κ3) is 6.08. The number of halogens is 2. The van der Waals surface area contributed by atoms with E-state index in [-0.39, 0.29) is 54.6 Å². The standard InChI is InChI=1S/C20H30N4O2.2ClH/c1-23-11-3-4-18(13-23)24(2)20(26)14-6-9-17(10-7-14)22-19(25)15-5-8-16(21)12-15;;/h6-7,9-10,15-16,18H,3-5,8,11-13,21H2,1-2H3,(H,22,25);2*1H. The third-order valence-electron chi connectivity index (χ3n) is 5.71. The van der Waals surface area contributed by atoms with Gasteiger partial charge in [-0.15, -0.1) is 24.8 Å². The average Bonchev–Trinajstić information content (AvgIpc) is 3.08. The van der Waals surface area contributed by atoms with Gasteiger partial charge < -0.3 is 20.9 Å². The number of carbonyl (C=O) groups is 2. The highest BCUT2D eigenvalue weighted by Gasteiger charge is 2.28. The Morgan fingerprint density at radius 2 is 1.82 bits per heavy atom. The molecule has 2 aliphatic rings. The van der Waals surface area contributed by atoms with Crippen LogP contribution >= 0.6 is 24.8 Å². The van der Waals surface area contributed by atoms with Crippen molar-refractivity contribution in [2.45, 2.75) is 44.2 Å². The second kappa shape index (κ2) is 11.0. The monoisotopic (exact) mass is 430 g/mol. The van der Waals surface area contributed by atoms with E-state index < -0.39 is 0 Å². The Labute approximate surface area is 180 Å². The van der Waals surface area contributed by atoms with Crippen molar-refractivity contribution in [1.29, 1.82) is 0 Å². The molecular formula is C20H32Cl2N4O2. The number of piperidine rings is 1. The van der Waals surface area contributed by atoms with E-state index in [0.29, 0.717) is 5.56 Å². The van der Waals surface area contributed by atoms with Gasteiger partial charge in [-0.2, -0.15) is 0 Å². The molecule has 0 bridgehead atoms. The summed E-state index contributed by atoms with van der Waals surface area (Å²) >= 11 is 0. The smallest absolute Gasteiger partial charge is 0.253 e. The first-order valence-electron chi connectivity index (χ1n) is 9.56. The van der Waals surface area contributed by atoms with Crippen LogP contribution in [0.1, 0.15) is 42.5 Å². The molecule has 0 radical (unpaired) electrons. The molecule has 1 saturated heterocycles. The van der Waals surface area contributed by atoms with Crippen molar-refractivity contribution in [3.8, 4) is 0 Å². The molecule has 1 aliphatic heterocycles. The Morgan fingerprint density at radius 3 is 2.39 bits per heavy atom. The Hall–Kier alpha value is -1.34. The number of anilines is 1. The highest BCUT2D eigenvalue weighted by molar-refractivity contribution is 5.96. The molecule has 28 heavy (non-hydrogen) atoms. The van der Waals surface area contributed by atoms with Gasteiger partial charge in [0.1, 0.15) is 0 Å². The van der Waals surface area contributed by atoms with Gasteiger partial charge in [0.05, 0.1) is 0 Å². The van der Waals surface area contributed by atoms with Crippen molar-refractivity contribution in [1.82, 2.24) is 9.80 Å². The van der Waals surface area contributed by atoms with Crippen molar-refractivity contribution >= 4 is 42.3 Å². The predicted molar refractivity (Wildman–Crippen MR) is 117 cm³/mol. The van der Waals surface area contributed by atoms with E-state index in [0.717, 1.165) is 50.9 Å². The number of amides is 2.